The number of carbonyl (C=O) groups is 1. The first-order chi connectivity index (χ1) is 15.6. The van der Waals surface area contributed by atoms with Crippen LogP contribution in [0.1, 0.15) is 41.1 Å². The van der Waals surface area contributed by atoms with E-state index in [1.165, 1.54) is 0 Å². The summed E-state index contributed by atoms with van der Waals surface area (Å²) in [5.74, 6) is 0.502. The van der Waals surface area contributed by atoms with Gasteiger partial charge in [-0.25, -0.2) is 0 Å². The van der Waals surface area contributed by atoms with Gasteiger partial charge in [0.1, 0.15) is 11.3 Å². The molecule has 0 spiro atoms. The normalized spacial score (nSPS) is 15.2. The van der Waals surface area contributed by atoms with Crippen molar-refractivity contribution in [2.75, 3.05) is 11.5 Å². The molecule has 6 heteroatoms. The van der Waals surface area contributed by atoms with Gasteiger partial charge in [0.05, 0.1) is 23.6 Å². The highest BCUT2D eigenvalue weighted by molar-refractivity contribution is 9.10. The fourth-order valence-electron chi connectivity index (χ4n) is 4.09. The second-order valence-electron chi connectivity index (χ2n) is 7.65. The lowest BCUT2D eigenvalue weighted by atomic mass is 9.98. The zero-order chi connectivity index (χ0) is 22.2. The number of fused-ring (bicyclic) bond motifs is 2. The fraction of sp³-hybridized carbons (Fsp3) is 0.154. The molecule has 1 unspecified atom stereocenters. The topological polar surface area (TPSA) is 59.8 Å². The van der Waals surface area contributed by atoms with Gasteiger partial charge in [-0.15, -0.1) is 0 Å². The molecule has 5 rings (SSSR count). The van der Waals surface area contributed by atoms with Crippen molar-refractivity contribution >= 4 is 38.5 Å². The van der Waals surface area contributed by atoms with Crippen LogP contribution < -0.4 is 15.1 Å². The van der Waals surface area contributed by atoms with E-state index in [1.54, 1.807) is 29.2 Å². The molecule has 0 saturated heterocycles. The standard InChI is InChI=1S/C26H20BrNO4/c1-2-14-31-19-12-10-16(11-13-19)23-22-24(29)20-8-3-4-9-21(20)32-25(22)26(30)28(23)18-7-5-6-17(27)15-18/h3-13,15,23H,2,14H2,1H3. The number of amides is 1. The van der Waals surface area contributed by atoms with Gasteiger partial charge in [0.2, 0.25) is 5.76 Å². The first kappa shape index (κ1) is 20.5. The first-order valence-electron chi connectivity index (χ1n) is 10.5. The number of hydrogen-bond donors (Lipinski definition) is 0. The molecule has 1 amide bonds. The van der Waals surface area contributed by atoms with E-state index in [9.17, 15) is 9.59 Å². The van der Waals surface area contributed by atoms with E-state index in [2.05, 4.69) is 22.9 Å². The second kappa shape index (κ2) is 8.28. The largest absolute Gasteiger partial charge is 0.494 e. The molecule has 0 fully saturated rings. The quantitative estimate of drug-likeness (QED) is 0.340. The Hall–Kier alpha value is -3.38. The molecule has 4 aromatic rings. The molecule has 32 heavy (non-hydrogen) atoms. The lowest BCUT2D eigenvalue weighted by Gasteiger charge is -2.25. The molecule has 0 saturated carbocycles. The summed E-state index contributed by atoms with van der Waals surface area (Å²) in [7, 11) is 0. The summed E-state index contributed by atoms with van der Waals surface area (Å²) in [5, 5.41) is 0.461. The van der Waals surface area contributed by atoms with Crippen molar-refractivity contribution in [2.24, 2.45) is 0 Å². The highest BCUT2D eigenvalue weighted by atomic mass is 79.9. The zero-order valence-corrected chi connectivity index (χ0v) is 19.0. The number of nitrogens with zero attached hydrogens (tertiary/aromatic N) is 1. The monoisotopic (exact) mass is 489 g/mol. The van der Waals surface area contributed by atoms with Gasteiger partial charge in [-0.2, -0.15) is 0 Å². The predicted octanol–water partition coefficient (Wildman–Crippen LogP) is 6.09. The zero-order valence-electron chi connectivity index (χ0n) is 17.4. The molecule has 1 aliphatic heterocycles. The van der Waals surface area contributed by atoms with Crippen molar-refractivity contribution in [3.8, 4) is 5.75 Å². The van der Waals surface area contributed by atoms with Gasteiger partial charge in [-0.3, -0.25) is 14.5 Å². The number of rotatable bonds is 5. The predicted molar refractivity (Wildman–Crippen MR) is 128 cm³/mol. The number of halogens is 1. The molecule has 0 aliphatic carbocycles. The highest BCUT2D eigenvalue weighted by Gasteiger charge is 2.43. The van der Waals surface area contributed by atoms with Gasteiger partial charge in [0.25, 0.3) is 5.91 Å². The summed E-state index contributed by atoms with van der Waals surface area (Å²) in [6.07, 6.45) is 0.914. The number of hydrogen-bond acceptors (Lipinski definition) is 4. The third kappa shape index (κ3) is 3.41. The summed E-state index contributed by atoms with van der Waals surface area (Å²) < 4.78 is 12.5. The molecule has 1 aliphatic rings. The summed E-state index contributed by atoms with van der Waals surface area (Å²) >= 11 is 3.48. The van der Waals surface area contributed by atoms with Gasteiger partial charge in [-0.1, -0.05) is 53.2 Å². The van der Waals surface area contributed by atoms with Gasteiger partial charge in [0, 0.05) is 10.2 Å². The maximum Gasteiger partial charge on any atom is 0.295 e. The summed E-state index contributed by atoms with van der Waals surface area (Å²) in [4.78, 5) is 28.7. The van der Waals surface area contributed by atoms with E-state index in [4.69, 9.17) is 9.15 Å². The Labute approximate surface area is 193 Å². The van der Waals surface area contributed by atoms with Crippen molar-refractivity contribution in [1.82, 2.24) is 0 Å². The second-order valence-corrected chi connectivity index (χ2v) is 8.56. The molecular formula is C26H20BrNO4. The summed E-state index contributed by atoms with van der Waals surface area (Å²) in [6.45, 7) is 2.68. The van der Waals surface area contributed by atoms with E-state index in [-0.39, 0.29) is 17.1 Å². The maximum atomic E-state index is 13.5. The van der Waals surface area contributed by atoms with E-state index >= 15 is 0 Å². The van der Waals surface area contributed by atoms with Crippen LogP contribution in [0.5, 0.6) is 5.75 Å². The molecule has 0 bridgehead atoms. The van der Waals surface area contributed by atoms with Crippen LogP contribution in [-0.4, -0.2) is 12.5 Å². The van der Waals surface area contributed by atoms with Crippen molar-refractivity contribution in [3.05, 3.63) is 104 Å². The number of anilines is 1. The van der Waals surface area contributed by atoms with Crippen molar-refractivity contribution < 1.29 is 13.9 Å². The Morgan fingerprint density at radius 1 is 1.00 bits per heavy atom. The number of ether oxygens (including phenoxy) is 1. The SMILES string of the molecule is CCCOc1ccc(C2c3c(oc4ccccc4c3=O)C(=O)N2c2cccc(Br)c2)cc1. The van der Waals surface area contributed by atoms with Crippen molar-refractivity contribution in [3.63, 3.8) is 0 Å². The van der Waals surface area contributed by atoms with Gasteiger partial charge < -0.3 is 9.15 Å². The van der Waals surface area contributed by atoms with E-state index in [0.717, 1.165) is 22.2 Å². The third-order valence-electron chi connectivity index (χ3n) is 5.53. The molecule has 2 heterocycles. The Kier molecular flexibility index (Phi) is 5.31. The number of benzene rings is 3. The van der Waals surface area contributed by atoms with E-state index in [0.29, 0.717) is 28.8 Å². The van der Waals surface area contributed by atoms with Crippen LogP contribution in [0.25, 0.3) is 11.0 Å². The molecule has 1 atom stereocenters. The van der Waals surface area contributed by atoms with Crippen LogP contribution in [0, 0.1) is 0 Å². The van der Waals surface area contributed by atoms with Crippen LogP contribution in [0.15, 0.2) is 86.5 Å². The summed E-state index contributed by atoms with van der Waals surface area (Å²) in [6, 6.07) is 21.4. The molecule has 0 N–H and O–H groups in total. The van der Waals surface area contributed by atoms with Crippen LogP contribution in [-0.2, 0) is 0 Å². The minimum absolute atomic E-state index is 0.0879. The van der Waals surface area contributed by atoms with Gasteiger partial charge in [0.15, 0.2) is 5.43 Å². The molecule has 3 aromatic carbocycles. The van der Waals surface area contributed by atoms with Crippen LogP contribution >= 0.6 is 15.9 Å². The number of para-hydroxylation sites is 1. The lowest BCUT2D eigenvalue weighted by molar-refractivity contribution is 0.0971. The van der Waals surface area contributed by atoms with Crippen LogP contribution in [0.4, 0.5) is 5.69 Å². The lowest BCUT2D eigenvalue weighted by Crippen LogP contribution is -2.29. The molecule has 160 valence electrons. The van der Waals surface area contributed by atoms with Crippen molar-refractivity contribution in [1.29, 1.82) is 0 Å². The fourth-order valence-corrected chi connectivity index (χ4v) is 4.48. The third-order valence-corrected chi connectivity index (χ3v) is 6.03. The average molecular weight is 490 g/mol. The Morgan fingerprint density at radius 3 is 2.53 bits per heavy atom. The minimum Gasteiger partial charge on any atom is -0.494 e. The van der Waals surface area contributed by atoms with Gasteiger partial charge in [-0.05, 0) is 54.4 Å². The first-order valence-corrected chi connectivity index (χ1v) is 11.3. The average Bonchev–Trinajstić information content (AvgIpc) is 3.11. The van der Waals surface area contributed by atoms with Crippen molar-refractivity contribution in [2.45, 2.75) is 19.4 Å². The maximum absolute atomic E-state index is 13.5. The minimum atomic E-state index is -0.604. The molecule has 1 aromatic heterocycles. The Balaban J connectivity index is 1.72. The number of carbonyl (C=O) groups excluding carboxylic acids is 1. The smallest absolute Gasteiger partial charge is 0.295 e. The molecule has 5 nitrogen and oxygen atoms in total. The highest BCUT2D eigenvalue weighted by Crippen LogP contribution is 2.42. The molecular weight excluding hydrogens is 470 g/mol. The van der Waals surface area contributed by atoms with Gasteiger partial charge >= 0.3 is 0 Å². The van der Waals surface area contributed by atoms with E-state index in [1.807, 2.05) is 48.5 Å². The van der Waals surface area contributed by atoms with E-state index < -0.39 is 6.04 Å². The molecule has 0 radical (unpaired) electrons. The van der Waals surface area contributed by atoms with Crippen LogP contribution in [0.3, 0.4) is 0 Å². The Bertz CT molecular complexity index is 1380. The summed E-state index contributed by atoms with van der Waals surface area (Å²) in [5.41, 5.74) is 2.06. The van der Waals surface area contributed by atoms with Crippen LogP contribution in [0.2, 0.25) is 0 Å². The Morgan fingerprint density at radius 2 is 1.78 bits per heavy atom.